The van der Waals surface area contributed by atoms with Crippen molar-refractivity contribution in [2.45, 2.75) is 49.3 Å². The van der Waals surface area contributed by atoms with Crippen LogP contribution >= 0.6 is 0 Å². The molecule has 2 aromatic rings. The van der Waals surface area contributed by atoms with Crippen molar-refractivity contribution in [2.24, 2.45) is 5.14 Å². The maximum Gasteiger partial charge on any atom is 0.296 e. The van der Waals surface area contributed by atoms with Gasteiger partial charge in [-0.1, -0.05) is 19.4 Å². The lowest BCUT2D eigenvalue weighted by Gasteiger charge is -2.40. The van der Waals surface area contributed by atoms with Gasteiger partial charge >= 0.3 is 0 Å². The van der Waals surface area contributed by atoms with Crippen molar-refractivity contribution in [1.29, 1.82) is 0 Å². The number of carbonyl (C=O) groups excluding carboxylic acids is 2. The highest BCUT2D eigenvalue weighted by molar-refractivity contribution is 7.90. The molecule has 0 spiro atoms. The van der Waals surface area contributed by atoms with Gasteiger partial charge in [-0.15, -0.1) is 0 Å². The van der Waals surface area contributed by atoms with E-state index in [2.05, 4.69) is 10.0 Å². The van der Waals surface area contributed by atoms with Crippen molar-refractivity contribution in [3.63, 3.8) is 0 Å². The van der Waals surface area contributed by atoms with Crippen molar-refractivity contribution >= 4 is 43.7 Å². The molecule has 2 aliphatic rings. The van der Waals surface area contributed by atoms with Gasteiger partial charge in [0.2, 0.25) is 0 Å². The molecule has 10 nitrogen and oxygen atoms in total. The minimum Gasteiger partial charge on any atom is -0.340 e. The first-order valence-electron chi connectivity index (χ1n) is 11.1. The summed E-state index contributed by atoms with van der Waals surface area (Å²) in [5, 5.41) is 7.89. The summed E-state index contributed by atoms with van der Waals surface area (Å²) in [5.41, 5.74) is 0.262. The van der Waals surface area contributed by atoms with E-state index in [0.29, 0.717) is 24.8 Å². The highest BCUT2D eigenvalue weighted by Crippen LogP contribution is 2.47. The van der Waals surface area contributed by atoms with Crippen LogP contribution in [0.1, 0.15) is 54.9 Å². The Morgan fingerprint density at radius 3 is 2.61 bits per heavy atom. The monoisotopic (exact) mass is 536 g/mol. The van der Waals surface area contributed by atoms with E-state index in [4.69, 9.17) is 5.14 Å². The molecule has 0 aromatic heterocycles. The zero-order chi connectivity index (χ0) is 26.3. The van der Waals surface area contributed by atoms with Gasteiger partial charge in [0.15, 0.2) is 5.78 Å². The molecule has 192 valence electrons. The van der Waals surface area contributed by atoms with Crippen LogP contribution in [-0.2, 0) is 30.4 Å². The predicted octanol–water partition coefficient (Wildman–Crippen LogP) is 2.66. The zero-order valence-corrected chi connectivity index (χ0v) is 20.9. The smallest absolute Gasteiger partial charge is 0.296 e. The second-order valence-corrected chi connectivity index (χ2v) is 11.8. The van der Waals surface area contributed by atoms with Crippen LogP contribution in [0, 0.1) is 5.82 Å². The Kier molecular flexibility index (Phi) is 6.66. The fourth-order valence-electron chi connectivity index (χ4n) is 4.99. The number of halogens is 1. The van der Waals surface area contributed by atoms with Gasteiger partial charge in [0.1, 0.15) is 22.8 Å². The van der Waals surface area contributed by atoms with Crippen LogP contribution < -0.4 is 19.9 Å². The molecule has 4 rings (SSSR count). The molecule has 5 N–H and O–H groups in total. The third-order valence-corrected chi connectivity index (χ3v) is 8.30. The van der Waals surface area contributed by atoms with Gasteiger partial charge in [-0.05, 0) is 55.2 Å². The lowest BCUT2D eigenvalue weighted by molar-refractivity contribution is -0.108. The fourth-order valence-corrected chi connectivity index (χ4v) is 6.69. The van der Waals surface area contributed by atoms with Gasteiger partial charge in [0, 0.05) is 23.0 Å². The first-order valence-corrected chi connectivity index (χ1v) is 14.2. The molecule has 1 aliphatic carbocycles. The van der Waals surface area contributed by atoms with Gasteiger partial charge in [0.25, 0.3) is 20.2 Å². The molecule has 2 aromatic carbocycles. The van der Waals surface area contributed by atoms with Crippen molar-refractivity contribution in [2.75, 3.05) is 10.0 Å². The van der Waals surface area contributed by atoms with E-state index < -0.39 is 37.2 Å². The molecule has 0 bridgehead atoms. The van der Waals surface area contributed by atoms with E-state index in [0.717, 1.165) is 18.4 Å². The number of nitrogens with one attached hydrogen (secondary N) is 3. The summed E-state index contributed by atoms with van der Waals surface area (Å²) in [6.45, 7) is 1.96. The number of fused-ring (bicyclic) bond motifs is 2. The Labute approximate surface area is 208 Å². The maximum absolute atomic E-state index is 14.2. The van der Waals surface area contributed by atoms with E-state index in [1.54, 1.807) is 6.07 Å². The van der Waals surface area contributed by atoms with Crippen LogP contribution in [0.15, 0.2) is 52.7 Å². The normalized spacial score (nSPS) is 22.6. The van der Waals surface area contributed by atoms with E-state index in [1.807, 2.05) is 11.6 Å². The van der Waals surface area contributed by atoms with E-state index in [1.165, 1.54) is 18.2 Å². The average molecular weight is 537 g/mol. The largest absolute Gasteiger partial charge is 0.340 e. The molecule has 1 atom stereocenters. The van der Waals surface area contributed by atoms with Crippen molar-refractivity contribution in [3.05, 3.63) is 64.7 Å². The van der Waals surface area contributed by atoms with Crippen LogP contribution in [0.5, 0.6) is 0 Å². The predicted molar refractivity (Wildman–Crippen MR) is 131 cm³/mol. The van der Waals surface area contributed by atoms with E-state index in [9.17, 15) is 30.8 Å². The number of hydrogen-bond donors (Lipinski definition) is 4. The summed E-state index contributed by atoms with van der Waals surface area (Å²) in [6.07, 6.45) is 2.85. The van der Waals surface area contributed by atoms with Gasteiger partial charge in [0.05, 0.1) is 11.4 Å². The molecule has 0 radical (unpaired) electrons. The molecule has 0 fully saturated rings. The Balaban J connectivity index is 1.86. The summed E-state index contributed by atoms with van der Waals surface area (Å²) in [4.78, 5) is 24.5. The summed E-state index contributed by atoms with van der Waals surface area (Å²) in [6, 6.07) is 7.74. The SMILES string of the molecule is CCCC1(CCC=O)CC(=C2Nc3ccc(NS(N)(=O)=O)cc3S(=O)(=O)N2)C(=O)c2cc(F)ccc21. The Hall–Kier alpha value is -3.29. The third kappa shape index (κ3) is 4.86. The second-order valence-electron chi connectivity index (χ2n) is 8.87. The van der Waals surface area contributed by atoms with Crippen molar-refractivity contribution in [1.82, 2.24) is 4.72 Å². The van der Waals surface area contributed by atoms with Crippen molar-refractivity contribution in [3.8, 4) is 0 Å². The van der Waals surface area contributed by atoms with Crippen LogP contribution in [0.3, 0.4) is 0 Å². The quantitative estimate of drug-likeness (QED) is 0.312. The van der Waals surface area contributed by atoms with Crippen molar-refractivity contribution < 1.29 is 30.8 Å². The average Bonchev–Trinajstić information content (AvgIpc) is 2.79. The number of carbonyl (C=O) groups is 2. The van der Waals surface area contributed by atoms with Gasteiger partial charge in [-0.2, -0.15) is 8.42 Å². The third-order valence-electron chi connectivity index (χ3n) is 6.39. The number of hydrogen-bond acceptors (Lipinski definition) is 7. The first-order chi connectivity index (χ1) is 16.9. The van der Waals surface area contributed by atoms with Gasteiger partial charge in [-0.3, -0.25) is 14.2 Å². The molecule has 1 aliphatic heterocycles. The highest BCUT2D eigenvalue weighted by Gasteiger charge is 2.43. The van der Waals surface area contributed by atoms with Crippen LogP contribution in [0.2, 0.25) is 0 Å². The number of aldehydes is 1. The lowest BCUT2D eigenvalue weighted by atomic mass is 9.63. The van der Waals surface area contributed by atoms with Crippen LogP contribution in [0.4, 0.5) is 15.8 Å². The number of sulfonamides is 1. The molecule has 0 saturated carbocycles. The fraction of sp³-hybridized carbons (Fsp3) is 0.304. The molecular weight excluding hydrogens is 511 g/mol. The summed E-state index contributed by atoms with van der Waals surface area (Å²) >= 11 is 0. The standard InChI is InChI=1S/C23H25FN4O6S2/c1-2-8-23(9-3-10-29)13-17(21(30)16-11-14(24)4-6-18(16)23)22-26-19-7-5-15(27-36(25,33)34)12-20(19)35(31,32)28-22/h4-7,10-12,26-28H,2-3,8-9,13H2,1H3,(H2,25,33,34). The van der Waals surface area contributed by atoms with E-state index in [-0.39, 0.29) is 46.1 Å². The Morgan fingerprint density at radius 2 is 1.94 bits per heavy atom. The van der Waals surface area contributed by atoms with Crippen LogP contribution in [0.25, 0.3) is 0 Å². The molecule has 13 heteroatoms. The molecule has 0 saturated heterocycles. The molecule has 36 heavy (non-hydrogen) atoms. The molecule has 0 amide bonds. The first kappa shape index (κ1) is 25.8. The van der Waals surface area contributed by atoms with Gasteiger partial charge in [-0.25, -0.2) is 17.9 Å². The van der Waals surface area contributed by atoms with Crippen LogP contribution in [-0.4, -0.2) is 28.9 Å². The number of rotatable bonds is 7. The highest BCUT2D eigenvalue weighted by atomic mass is 32.2. The Morgan fingerprint density at radius 1 is 1.19 bits per heavy atom. The molecule has 1 unspecified atom stereocenters. The number of nitrogens with two attached hydrogens (primary N) is 1. The topological polar surface area (TPSA) is 165 Å². The zero-order valence-electron chi connectivity index (χ0n) is 19.3. The number of allylic oxidation sites excluding steroid dienone is 1. The summed E-state index contributed by atoms with van der Waals surface area (Å²) < 4.78 is 67.4. The minimum atomic E-state index is -4.22. The number of anilines is 2. The Bertz CT molecular complexity index is 1500. The lowest BCUT2D eigenvalue weighted by Crippen LogP contribution is -2.40. The van der Waals surface area contributed by atoms with Gasteiger partial charge < -0.3 is 10.1 Å². The maximum atomic E-state index is 14.2. The second kappa shape index (κ2) is 9.30. The minimum absolute atomic E-state index is 0.0616. The molecule has 1 heterocycles. The summed E-state index contributed by atoms with van der Waals surface area (Å²) in [7, 11) is -8.35. The number of benzene rings is 2. The van der Waals surface area contributed by atoms with E-state index >= 15 is 0 Å². The number of Topliss-reactive ketones (excluding diaryl/α,β-unsaturated/α-hetero) is 1. The summed E-state index contributed by atoms with van der Waals surface area (Å²) in [5.74, 6) is -1.20. The molecular formula is C23H25FN4O6S2. The number of ketones is 1.